The molecule has 2 unspecified atom stereocenters. The van der Waals surface area contributed by atoms with E-state index >= 15 is 0 Å². The van der Waals surface area contributed by atoms with Gasteiger partial charge in [-0.15, -0.1) is 0 Å². The summed E-state index contributed by atoms with van der Waals surface area (Å²) in [5.41, 5.74) is 0.0811. The Kier molecular flexibility index (Phi) is 5.58. The van der Waals surface area contributed by atoms with Crippen LogP contribution in [-0.4, -0.2) is 59.5 Å². The van der Waals surface area contributed by atoms with Crippen molar-refractivity contribution in [2.45, 2.75) is 57.5 Å². The highest BCUT2D eigenvalue weighted by Gasteiger charge is 2.55. The summed E-state index contributed by atoms with van der Waals surface area (Å²) in [5.74, 6) is 1.22. The van der Waals surface area contributed by atoms with Gasteiger partial charge in [0.25, 0.3) is 0 Å². The van der Waals surface area contributed by atoms with Crippen LogP contribution in [0.2, 0.25) is 0 Å². The molecule has 1 aliphatic heterocycles. The van der Waals surface area contributed by atoms with E-state index in [4.69, 9.17) is 4.74 Å². The lowest BCUT2D eigenvalue weighted by atomic mass is 9.58. The number of ether oxygens (including phenoxy) is 1. The van der Waals surface area contributed by atoms with Gasteiger partial charge >= 0.3 is 0 Å². The third-order valence-electron chi connectivity index (χ3n) is 4.76. The Bertz CT molecular complexity index is 275. The topological polar surface area (TPSA) is 32.7 Å². The highest BCUT2D eigenvalue weighted by atomic mass is 32.2. The van der Waals surface area contributed by atoms with Crippen LogP contribution in [0, 0.1) is 5.41 Å². The second-order valence-electron chi connectivity index (χ2n) is 6.19. The van der Waals surface area contributed by atoms with Gasteiger partial charge in [-0.3, -0.25) is 0 Å². The van der Waals surface area contributed by atoms with Crippen LogP contribution in [0.1, 0.15) is 40.0 Å². The zero-order chi connectivity index (χ0) is 13.9. The first-order valence-electron chi connectivity index (χ1n) is 7.72. The van der Waals surface area contributed by atoms with E-state index in [1.54, 1.807) is 0 Å². The average Bonchev–Trinajstić information content (AvgIpc) is 2.39. The standard InChI is InChI=1S/C15H29NO2S/c1-4-18-14-11-13(17)15(14)5-7-16(8-6-15)9-10-19-12(2)3/h12-14,17H,4-11H2,1-3H3. The van der Waals surface area contributed by atoms with Crippen LogP contribution >= 0.6 is 11.8 Å². The smallest absolute Gasteiger partial charge is 0.0681 e. The van der Waals surface area contributed by atoms with Gasteiger partial charge in [0.1, 0.15) is 0 Å². The van der Waals surface area contributed by atoms with Crippen molar-refractivity contribution in [2.24, 2.45) is 5.41 Å². The van der Waals surface area contributed by atoms with Crippen molar-refractivity contribution in [2.75, 3.05) is 32.0 Å². The Balaban J connectivity index is 1.75. The number of nitrogens with zero attached hydrogens (tertiary/aromatic N) is 1. The normalized spacial score (nSPS) is 30.8. The molecule has 0 aromatic rings. The molecule has 0 aromatic carbocycles. The van der Waals surface area contributed by atoms with E-state index in [2.05, 4.69) is 25.7 Å². The van der Waals surface area contributed by atoms with E-state index in [9.17, 15) is 5.11 Å². The van der Waals surface area contributed by atoms with E-state index in [1.165, 1.54) is 12.3 Å². The van der Waals surface area contributed by atoms with Crippen molar-refractivity contribution in [1.29, 1.82) is 0 Å². The van der Waals surface area contributed by atoms with E-state index in [1.807, 2.05) is 11.8 Å². The molecule has 3 nitrogen and oxygen atoms in total. The first-order chi connectivity index (χ1) is 9.08. The molecular weight excluding hydrogens is 258 g/mol. The molecule has 2 atom stereocenters. The van der Waals surface area contributed by atoms with Crippen LogP contribution in [0.3, 0.4) is 0 Å². The van der Waals surface area contributed by atoms with Gasteiger partial charge in [-0.25, -0.2) is 0 Å². The average molecular weight is 287 g/mol. The predicted molar refractivity (Wildman–Crippen MR) is 81.7 cm³/mol. The predicted octanol–water partition coefficient (Wildman–Crippen LogP) is 2.38. The maximum atomic E-state index is 10.2. The van der Waals surface area contributed by atoms with Crippen molar-refractivity contribution >= 4 is 11.8 Å². The summed E-state index contributed by atoms with van der Waals surface area (Å²) in [6.45, 7) is 10.8. The Morgan fingerprint density at radius 2 is 2.05 bits per heavy atom. The van der Waals surface area contributed by atoms with Gasteiger partial charge in [-0.05, 0) is 38.1 Å². The van der Waals surface area contributed by atoms with E-state index in [-0.39, 0.29) is 11.5 Å². The number of rotatable bonds is 6. The minimum Gasteiger partial charge on any atom is -0.392 e. The molecule has 0 radical (unpaired) electrons. The molecule has 2 rings (SSSR count). The van der Waals surface area contributed by atoms with Gasteiger partial charge in [-0.2, -0.15) is 11.8 Å². The summed E-state index contributed by atoms with van der Waals surface area (Å²) in [6, 6.07) is 0. The number of hydrogen-bond acceptors (Lipinski definition) is 4. The Morgan fingerprint density at radius 1 is 1.37 bits per heavy atom. The summed E-state index contributed by atoms with van der Waals surface area (Å²) in [4.78, 5) is 2.55. The van der Waals surface area contributed by atoms with Crippen molar-refractivity contribution in [3.05, 3.63) is 0 Å². The highest BCUT2D eigenvalue weighted by Crippen LogP contribution is 2.50. The molecule has 1 aliphatic carbocycles. The van der Waals surface area contributed by atoms with Crippen LogP contribution in [0.15, 0.2) is 0 Å². The van der Waals surface area contributed by atoms with Crippen molar-refractivity contribution < 1.29 is 9.84 Å². The quantitative estimate of drug-likeness (QED) is 0.813. The molecule has 4 heteroatoms. The summed E-state index contributed by atoms with van der Waals surface area (Å²) in [7, 11) is 0. The number of likely N-dealkylation sites (tertiary alicyclic amines) is 1. The van der Waals surface area contributed by atoms with Crippen LogP contribution in [-0.2, 0) is 4.74 Å². The second kappa shape index (κ2) is 6.79. The summed E-state index contributed by atoms with van der Waals surface area (Å²) in [6.07, 6.45) is 3.23. The SMILES string of the molecule is CCOC1CC(O)C12CCN(CCSC(C)C)CC2. The number of piperidine rings is 1. The van der Waals surface area contributed by atoms with Gasteiger partial charge in [-0.1, -0.05) is 13.8 Å². The molecule has 0 amide bonds. The number of aliphatic hydroxyl groups excluding tert-OH is 1. The largest absolute Gasteiger partial charge is 0.392 e. The monoisotopic (exact) mass is 287 g/mol. The van der Waals surface area contributed by atoms with Crippen molar-refractivity contribution in [1.82, 2.24) is 4.90 Å². The highest BCUT2D eigenvalue weighted by molar-refractivity contribution is 7.99. The maximum absolute atomic E-state index is 10.2. The molecule has 1 spiro atoms. The first-order valence-corrected chi connectivity index (χ1v) is 8.77. The fraction of sp³-hybridized carbons (Fsp3) is 1.00. The van der Waals surface area contributed by atoms with Crippen molar-refractivity contribution in [3.63, 3.8) is 0 Å². The fourth-order valence-electron chi connectivity index (χ4n) is 3.43. The number of thioether (sulfide) groups is 1. The van der Waals surface area contributed by atoms with Crippen LogP contribution < -0.4 is 0 Å². The molecular formula is C15H29NO2S. The van der Waals surface area contributed by atoms with Gasteiger partial charge in [0, 0.05) is 30.7 Å². The molecule has 1 saturated carbocycles. The molecule has 1 saturated heterocycles. The van der Waals surface area contributed by atoms with Gasteiger partial charge < -0.3 is 14.7 Å². The van der Waals surface area contributed by atoms with E-state index < -0.39 is 0 Å². The summed E-state index contributed by atoms with van der Waals surface area (Å²) < 4.78 is 5.81. The lowest BCUT2D eigenvalue weighted by molar-refractivity contribution is -0.209. The van der Waals surface area contributed by atoms with E-state index in [0.717, 1.165) is 44.2 Å². The second-order valence-corrected chi connectivity index (χ2v) is 7.87. The number of aliphatic hydroxyl groups is 1. The minimum absolute atomic E-state index is 0.0811. The lowest BCUT2D eigenvalue weighted by Crippen LogP contribution is -2.62. The summed E-state index contributed by atoms with van der Waals surface area (Å²) >= 11 is 2.04. The van der Waals surface area contributed by atoms with Gasteiger partial charge in [0.15, 0.2) is 0 Å². The molecule has 2 aliphatic rings. The maximum Gasteiger partial charge on any atom is 0.0681 e. The molecule has 19 heavy (non-hydrogen) atoms. The van der Waals surface area contributed by atoms with Gasteiger partial charge in [0.2, 0.25) is 0 Å². The lowest BCUT2D eigenvalue weighted by Gasteiger charge is -2.56. The molecule has 1 heterocycles. The van der Waals surface area contributed by atoms with Crippen LogP contribution in [0.5, 0.6) is 0 Å². The minimum atomic E-state index is -0.128. The van der Waals surface area contributed by atoms with Crippen LogP contribution in [0.4, 0.5) is 0 Å². The molecule has 0 aromatic heterocycles. The Morgan fingerprint density at radius 3 is 2.58 bits per heavy atom. The third kappa shape index (κ3) is 3.46. The first kappa shape index (κ1) is 15.6. The fourth-order valence-corrected chi connectivity index (χ4v) is 4.26. The van der Waals surface area contributed by atoms with Crippen molar-refractivity contribution in [3.8, 4) is 0 Å². The zero-order valence-corrected chi connectivity index (χ0v) is 13.4. The molecule has 1 N–H and O–H groups in total. The number of hydrogen-bond donors (Lipinski definition) is 1. The Hall–Kier alpha value is 0.230. The Labute approximate surface area is 122 Å². The van der Waals surface area contributed by atoms with E-state index in [0.29, 0.717) is 6.10 Å². The summed E-state index contributed by atoms with van der Waals surface area (Å²) in [5, 5.41) is 10.9. The third-order valence-corrected chi connectivity index (χ3v) is 5.84. The van der Waals surface area contributed by atoms with Gasteiger partial charge in [0.05, 0.1) is 12.2 Å². The molecule has 0 bridgehead atoms. The molecule has 2 fully saturated rings. The van der Waals surface area contributed by atoms with Crippen LogP contribution in [0.25, 0.3) is 0 Å². The molecule has 112 valence electrons. The zero-order valence-electron chi connectivity index (χ0n) is 12.6.